The zero-order chi connectivity index (χ0) is 16.3. The van der Waals surface area contributed by atoms with Gasteiger partial charge in [-0.25, -0.2) is 0 Å². The van der Waals surface area contributed by atoms with Gasteiger partial charge < -0.3 is 10.4 Å². The molecule has 132 valence electrons. The number of rotatable bonds is 18. The molecule has 0 heterocycles. The molecule has 0 unspecified atom stereocenters. The largest absolute Gasteiger partial charge is 0.481 e. The molecule has 0 aliphatic heterocycles. The van der Waals surface area contributed by atoms with Crippen molar-refractivity contribution in [3.8, 4) is 0 Å². The number of hydrogen-bond acceptors (Lipinski definition) is 2. The van der Waals surface area contributed by atoms with Crippen LogP contribution >= 0.6 is 0 Å². The van der Waals surface area contributed by atoms with Gasteiger partial charge in [0.05, 0.1) is 0 Å². The molecule has 0 atom stereocenters. The summed E-state index contributed by atoms with van der Waals surface area (Å²) in [6.45, 7) is 4.64. The van der Waals surface area contributed by atoms with Crippen molar-refractivity contribution in [2.24, 2.45) is 0 Å². The van der Waals surface area contributed by atoms with E-state index in [2.05, 4.69) is 12.2 Å². The van der Waals surface area contributed by atoms with E-state index < -0.39 is 5.97 Å². The van der Waals surface area contributed by atoms with Crippen molar-refractivity contribution in [3.63, 3.8) is 0 Å². The summed E-state index contributed by atoms with van der Waals surface area (Å²) in [6, 6.07) is 0. The van der Waals surface area contributed by atoms with Crippen molar-refractivity contribution in [3.05, 3.63) is 0 Å². The van der Waals surface area contributed by atoms with Crippen LogP contribution in [0.4, 0.5) is 0 Å². The molecular weight excluding hydrogens is 274 g/mol. The fourth-order valence-electron chi connectivity index (χ4n) is 2.74. The lowest BCUT2D eigenvalue weighted by Crippen LogP contribution is -2.16. The number of carbonyl (C=O) groups is 1. The first kappa shape index (κ1) is 21.4. The molecule has 0 aromatic rings. The monoisotopic (exact) mass is 313 g/mol. The summed E-state index contributed by atoms with van der Waals surface area (Å²) in [6.07, 6.45) is 18.2. The van der Waals surface area contributed by atoms with Gasteiger partial charge in [0.15, 0.2) is 0 Å². The van der Waals surface area contributed by atoms with Crippen molar-refractivity contribution in [1.29, 1.82) is 0 Å². The van der Waals surface area contributed by atoms with Gasteiger partial charge in [0.25, 0.3) is 0 Å². The first-order chi connectivity index (χ1) is 10.8. The van der Waals surface area contributed by atoms with Gasteiger partial charge in [-0.05, 0) is 32.4 Å². The van der Waals surface area contributed by atoms with Gasteiger partial charge in [0.2, 0.25) is 0 Å². The van der Waals surface area contributed by atoms with E-state index in [-0.39, 0.29) is 0 Å². The highest BCUT2D eigenvalue weighted by Crippen LogP contribution is 2.11. The number of aliphatic carboxylic acids is 1. The molecule has 0 aliphatic rings. The van der Waals surface area contributed by atoms with Crippen LogP contribution in [0.25, 0.3) is 0 Å². The summed E-state index contributed by atoms with van der Waals surface area (Å²) in [7, 11) is 0. The number of nitrogens with one attached hydrogen (secondary N) is 1. The maximum Gasteiger partial charge on any atom is 0.303 e. The second-order valence-electron chi connectivity index (χ2n) is 6.49. The predicted octanol–water partition coefficient (Wildman–Crippen LogP) is 5.53. The maximum atomic E-state index is 10.4. The lowest BCUT2D eigenvalue weighted by molar-refractivity contribution is -0.137. The van der Waals surface area contributed by atoms with Crippen LogP contribution in [0, 0.1) is 0 Å². The molecule has 3 nitrogen and oxygen atoms in total. The fourth-order valence-corrected chi connectivity index (χ4v) is 2.74. The Morgan fingerprint density at radius 3 is 1.55 bits per heavy atom. The molecule has 0 rings (SSSR count). The van der Waals surface area contributed by atoms with Crippen LogP contribution in [0.1, 0.15) is 103 Å². The smallest absolute Gasteiger partial charge is 0.303 e. The highest BCUT2D eigenvalue weighted by molar-refractivity contribution is 5.66. The van der Waals surface area contributed by atoms with Gasteiger partial charge in [0, 0.05) is 6.42 Å². The van der Waals surface area contributed by atoms with Crippen LogP contribution in [0.15, 0.2) is 0 Å². The Morgan fingerprint density at radius 2 is 1.09 bits per heavy atom. The third-order valence-electron chi connectivity index (χ3n) is 4.20. The van der Waals surface area contributed by atoms with Crippen LogP contribution in [0.3, 0.4) is 0 Å². The van der Waals surface area contributed by atoms with Gasteiger partial charge in [0.1, 0.15) is 0 Å². The SMILES string of the molecule is CCCCCCNCCCCCCCCCCCCC(=O)O. The molecule has 0 aromatic carbocycles. The molecule has 0 fully saturated rings. The van der Waals surface area contributed by atoms with Crippen molar-refractivity contribution in [2.45, 2.75) is 103 Å². The maximum absolute atomic E-state index is 10.4. The van der Waals surface area contributed by atoms with Gasteiger partial charge in [-0.1, -0.05) is 77.6 Å². The lowest BCUT2D eigenvalue weighted by Gasteiger charge is -2.05. The molecule has 0 aliphatic carbocycles. The molecular formula is C19H39NO2. The van der Waals surface area contributed by atoms with Gasteiger partial charge in [-0.2, -0.15) is 0 Å². The standard InChI is InChI=1S/C19H39NO2/c1-2-3-4-14-17-20-18-15-12-10-8-6-5-7-9-11-13-16-19(21)22/h20H,2-18H2,1H3,(H,21,22). The van der Waals surface area contributed by atoms with E-state index in [9.17, 15) is 4.79 Å². The van der Waals surface area contributed by atoms with Crippen LogP contribution in [-0.4, -0.2) is 24.2 Å². The van der Waals surface area contributed by atoms with Gasteiger partial charge >= 0.3 is 5.97 Å². The topological polar surface area (TPSA) is 49.3 Å². The van der Waals surface area contributed by atoms with Gasteiger partial charge in [-0.15, -0.1) is 0 Å². The summed E-state index contributed by atoms with van der Waals surface area (Å²) < 4.78 is 0. The van der Waals surface area contributed by atoms with Crippen molar-refractivity contribution in [2.75, 3.05) is 13.1 Å². The Kier molecular flexibility index (Phi) is 18.0. The zero-order valence-corrected chi connectivity index (χ0v) is 14.9. The van der Waals surface area contributed by atoms with E-state index in [1.54, 1.807) is 0 Å². The average molecular weight is 314 g/mol. The van der Waals surface area contributed by atoms with E-state index in [4.69, 9.17) is 5.11 Å². The molecule has 22 heavy (non-hydrogen) atoms. The van der Waals surface area contributed by atoms with E-state index in [0.29, 0.717) is 6.42 Å². The van der Waals surface area contributed by atoms with Crippen molar-refractivity contribution < 1.29 is 9.90 Å². The van der Waals surface area contributed by atoms with E-state index in [1.165, 1.54) is 90.1 Å². The Labute approximate surface area is 138 Å². The summed E-state index contributed by atoms with van der Waals surface area (Å²) in [5.74, 6) is -0.657. The molecule has 0 aromatic heterocycles. The fraction of sp³-hybridized carbons (Fsp3) is 0.947. The Balaban J connectivity index is 2.95. The van der Waals surface area contributed by atoms with Crippen LogP contribution in [0.5, 0.6) is 0 Å². The molecule has 0 radical (unpaired) electrons. The first-order valence-corrected chi connectivity index (χ1v) is 9.70. The van der Waals surface area contributed by atoms with Gasteiger partial charge in [-0.3, -0.25) is 4.79 Å². The number of carboxylic acid groups (broad SMARTS) is 1. The lowest BCUT2D eigenvalue weighted by atomic mass is 10.1. The molecule has 0 saturated carbocycles. The predicted molar refractivity (Wildman–Crippen MR) is 95.4 cm³/mol. The van der Waals surface area contributed by atoms with Crippen molar-refractivity contribution >= 4 is 5.97 Å². The highest BCUT2D eigenvalue weighted by Gasteiger charge is 1.97. The second-order valence-corrected chi connectivity index (χ2v) is 6.49. The second kappa shape index (κ2) is 18.5. The minimum atomic E-state index is -0.657. The third kappa shape index (κ3) is 19.4. The minimum Gasteiger partial charge on any atom is -0.481 e. The van der Waals surface area contributed by atoms with E-state index >= 15 is 0 Å². The summed E-state index contributed by atoms with van der Waals surface area (Å²) in [5.41, 5.74) is 0. The third-order valence-corrected chi connectivity index (χ3v) is 4.20. The average Bonchev–Trinajstić information content (AvgIpc) is 2.50. The minimum absolute atomic E-state index is 0.340. The van der Waals surface area contributed by atoms with E-state index in [1.807, 2.05) is 0 Å². The molecule has 0 spiro atoms. The number of carboxylic acids is 1. The Hall–Kier alpha value is -0.570. The number of unbranched alkanes of at least 4 members (excludes halogenated alkanes) is 12. The molecule has 0 amide bonds. The zero-order valence-electron chi connectivity index (χ0n) is 14.9. The summed E-state index contributed by atoms with van der Waals surface area (Å²) in [5, 5.41) is 12.1. The molecule has 3 heteroatoms. The summed E-state index contributed by atoms with van der Waals surface area (Å²) in [4.78, 5) is 10.4. The molecule has 2 N–H and O–H groups in total. The highest BCUT2D eigenvalue weighted by atomic mass is 16.4. The number of hydrogen-bond donors (Lipinski definition) is 2. The van der Waals surface area contributed by atoms with Crippen LogP contribution < -0.4 is 5.32 Å². The quantitative estimate of drug-likeness (QED) is 0.327. The first-order valence-electron chi connectivity index (χ1n) is 9.70. The van der Waals surface area contributed by atoms with Crippen LogP contribution in [-0.2, 0) is 4.79 Å². The Morgan fingerprint density at radius 1 is 0.682 bits per heavy atom. The molecule has 0 bridgehead atoms. The normalized spacial score (nSPS) is 11.0. The Bertz CT molecular complexity index is 231. The van der Waals surface area contributed by atoms with Crippen LogP contribution in [0.2, 0.25) is 0 Å². The summed E-state index contributed by atoms with van der Waals surface area (Å²) >= 11 is 0. The molecule has 0 saturated heterocycles. The van der Waals surface area contributed by atoms with Crippen molar-refractivity contribution in [1.82, 2.24) is 5.32 Å². The van der Waals surface area contributed by atoms with E-state index in [0.717, 1.165) is 12.8 Å².